The Hall–Kier alpha value is -2.01. The second-order valence-electron chi connectivity index (χ2n) is 5.89. The Labute approximate surface area is 122 Å². The van der Waals surface area contributed by atoms with Crippen LogP contribution in [0.3, 0.4) is 0 Å². The zero-order valence-electron chi connectivity index (χ0n) is 11.7. The molecule has 5 heteroatoms. The summed E-state index contributed by atoms with van der Waals surface area (Å²) in [6, 6.07) is 5.59. The number of rotatable bonds is 3. The number of carbonyl (C=O) groups excluding carboxylic acids is 1. The lowest BCUT2D eigenvalue weighted by Crippen LogP contribution is -2.57. The predicted octanol–water partition coefficient (Wildman–Crippen LogP) is 2.36. The van der Waals surface area contributed by atoms with Crippen molar-refractivity contribution >= 4 is 5.91 Å². The Kier molecular flexibility index (Phi) is 3.07. The van der Waals surface area contributed by atoms with E-state index in [0.717, 1.165) is 12.1 Å². The molecule has 2 aromatic heterocycles. The van der Waals surface area contributed by atoms with Gasteiger partial charge in [0.1, 0.15) is 12.0 Å². The molecule has 3 aliphatic heterocycles. The molecule has 0 spiro atoms. The highest BCUT2D eigenvalue weighted by Crippen LogP contribution is 2.28. The van der Waals surface area contributed by atoms with Crippen molar-refractivity contribution in [2.24, 2.45) is 5.92 Å². The standard InChI is InChI=1S/C16H18N2O3/c19-16(17-13-9-18-6-3-11(13)4-7-18)15-2-1-14(21-15)12-5-8-20-10-12/h1-2,5,8,10-11,13H,3-4,6-7,9H2,(H,17,19)/t13-/m0/s1. The zero-order valence-corrected chi connectivity index (χ0v) is 11.7. The average molecular weight is 286 g/mol. The van der Waals surface area contributed by atoms with Crippen molar-refractivity contribution in [1.82, 2.24) is 10.2 Å². The molecule has 1 N–H and O–H groups in total. The molecule has 5 nitrogen and oxygen atoms in total. The number of piperidine rings is 3. The fourth-order valence-electron chi connectivity index (χ4n) is 3.39. The van der Waals surface area contributed by atoms with Crippen LogP contribution < -0.4 is 5.32 Å². The molecule has 0 unspecified atom stereocenters. The van der Waals surface area contributed by atoms with E-state index in [1.807, 2.05) is 6.07 Å². The third kappa shape index (κ3) is 2.38. The quantitative estimate of drug-likeness (QED) is 0.941. The molecule has 0 aliphatic carbocycles. The number of carbonyl (C=O) groups is 1. The van der Waals surface area contributed by atoms with E-state index in [1.165, 1.54) is 25.9 Å². The van der Waals surface area contributed by atoms with Crippen molar-refractivity contribution in [3.05, 3.63) is 36.5 Å². The monoisotopic (exact) mass is 286 g/mol. The van der Waals surface area contributed by atoms with Gasteiger partial charge >= 0.3 is 0 Å². The summed E-state index contributed by atoms with van der Waals surface area (Å²) < 4.78 is 10.7. The van der Waals surface area contributed by atoms with E-state index in [1.54, 1.807) is 24.7 Å². The zero-order chi connectivity index (χ0) is 14.2. The number of hydrogen-bond acceptors (Lipinski definition) is 4. The molecule has 5 heterocycles. The highest BCUT2D eigenvalue weighted by molar-refractivity contribution is 5.92. The van der Waals surface area contributed by atoms with Crippen LogP contribution in [0.1, 0.15) is 23.4 Å². The largest absolute Gasteiger partial charge is 0.472 e. The highest BCUT2D eigenvalue weighted by Gasteiger charge is 2.35. The van der Waals surface area contributed by atoms with E-state index in [2.05, 4.69) is 10.2 Å². The van der Waals surface area contributed by atoms with Crippen LogP contribution >= 0.6 is 0 Å². The number of nitrogens with one attached hydrogen (secondary N) is 1. The molecule has 5 rings (SSSR count). The van der Waals surface area contributed by atoms with Crippen molar-refractivity contribution in [1.29, 1.82) is 0 Å². The van der Waals surface area contributed by atoms with Crippen LogP contribution in [0, 0.1) is 5.92 Å². The van der Waals surface area contributed by atoms with E-state index in [4.69, 9.17) is 8.83 Å². The first-order valence-corrected chi connectivity index (χ1v) is 7.45. The van der Waals surface area contributed by atoms with Gasteiger partial charge in [-0.15, -0.1) is 0 Å². The summed E-state index contributed by atoms with van der Waals surface area (Å²) in [5.74, 6) is 1.51. The van der Waals surface area contributed by atoms with Crippen LogP contribution in [-0.4, -0.2) is 36.5 Å². The first kappa shape index (κ1) is 12.7. The number of furan rings is 2. The molecule has 2 aromatic rings. The minimum Gasteiger partial charge on any atom is -0.472 e. The van der Waals surface area contributed by atoms with Crippen LogP contribution in [0.4, 0.5) is 0 Å². The first-order valence-electron chi connectivity index (χ1n) is 7.45. The molecule has 21 heavy (non-hydrogen) atoms. The Morgan fingerprint density at radius 3 is 2.76 bits per heavy atom. The van der Waals surface area contributed by atoms with Crippen LogP contribution in [0.2, 0.25) is 0 Å². The fourth-order valence-corrected chi connectivity index (χ4v) is 3.39. The number of amides is 1. The summed E-state index contributed by atoms with van der Waals surface area (Å²) in [5, 5.41) is 3.13. The van der Waals surface area contributed by atoms with Gasteiger partial charge in [-0.25, -0.2) is 0 Å². The van der Waals surface area contributed by atoms with E-state index < -0.39 is 0 Å². The van der Waals surface area contributed by atoms with Gasteiger partial charge in [-0.2, -0.15) is 0 Å². The summed E-state index contributed by atoms with van der Waals surface area (Å²) >= 11 is 0. The normalized spacial score (nSPS) is 27.7. The van der Waals surface area contributed by atoms with Gasteiger partial charge in [-0.3, -0.25) is 4.79 Å². The number of fused-ring (bicyclic) bond motifs is 3. The van der Waals surface area contributed by atoms with Gasteiger partial charge < -0.3 is 19.1 Å². The van der Waals surface area contributed by atoms with Crippen molar-refractivity contribution < 1.29 is 13.6 Å². The summed E-state index contributed by atoms with van der Waals surface area (Å²) in [5.41, 5.74) is 0.844. The molecule has 3 fully saturated rings. The summed E-state index contributed by atoms with van der Waals surface area (Å²) in [7, 11) is 0. The summed E-state index contributed by atoms with van der Waals surface area (Å²) in [4.78, 5) is 14.7. The lowest BCUT2D eigenvalue weighted by molar-refractivity contribution is 0.0606. The Bertz CT molecular complexity index is 624. The highest BCUT2D eigenvalue weighted by atomic mass is 16.4. The predicted molar refractivity (Wildman–Crippen MR) is 76.8 cm³/mol. The minimum atomic E-state index is -0.122. The van der Waals surface area contributed by atoms with Gasteiger partial charge in [0.25, 0.3) is 5.91 Å². The molecule has 110 valence electrons. The van der Waals surface area contributed by atoms with Gasteiger partial charge in [0.2, 0.25) is 0 Å². The molecule has 0 aromatic carbocycles. The SMILES string of the molecule is O=C(N[C@H]1CN2CCC1CC2)c1ccc(-c2ccoc2)o1. The van der Waals surface area contributed by atoms with Crippen LogP contribution in [0.15, 0.2) is 39.6 Å². The van der Waals surface area contributed by atoms with E-state index >= 15 is 0 Å². The molecule has 0 saturated carbocycles. The Balaban J connectivity index is 1.46. The second-order valence-corrected chi connectivity index (χ2v) is 5.89. The van der Waals surface area contributed by atoms with Crippen molar-refractivity contribution in [3.63, 3.8) is 0 Å². The number of nitrogens with zero attached hydrogens (tertiary/aromatic N) is 1. The molecule has 2 bridgehead atoms. The van der Waals surface area contributed by atoms with Gasteiger partial charge in [0.05, 0.1) is 11.8 Å². The van der Waals surface area contributed by atoms with Crippen LogP contribution in [-0.2, 0) is 0 Å². The molecule has 1 atom stereocenters. The molecule has 0 radical (unpaired) electrons. The maximum atomic E-state index is 12.3. The van der Waals surface area contributed by atoms with E-state index in [-0.39, 0.29) is 11.9 Å². The topological polar surface area (TPSA) is 58.6 Å². The molecule has 1 amide bonds. The smallest absolute Gasteiger partial charge is 0.287 e. The second kappa shape index (κ2) is 5.07. The van der Waals surface area contributed by atoms with Gasteiger partial charge in [-0.05, 0) is 50.0 Å². The summed E-state index contributed by atoms with van der Waals surface area (Å²) in [6.07, 6.45) is 5.56. The Morgan fingerprint density at radius 1 is 1.24 bits per heavy atom. The first-order chi connectivity index (χ1) is 10.3. The maximum absolute atomic E-state index is 12.3. The molecule has 3 saturated heterocycles. The molecular formula is C16H18N2O3. The molecule has 3 aliphatic rings. The third-order valence-corrected chi connectivity index (χ3v) is 4.61. The average Bonchev–Trinajstić information content (AvgIpc) is 3.20. The van der Waals surface area contributed by atoms with Gasteiger partial charge in [0.15, 0.2) is 5.76 Å². The summed E-state index contributed by atoms with van der Waals surface area (Å²) in [6.45, 7) is 3.30. The lowest BCUT2D eigenvalue weighted by Gasteiger charge is -2.44. The van der Waals surface area contributed by atoms with Crippen molar-refractivity contribution in [2.45, 2.75) is 18.9 Å². The Morgan fingerprint density at radius 2 is 2.10 bits per heavy atom. The van der Waals surface area contributed by atoms with E-state index in [0.29, 0.717) is 17.4 Å². The lowest BCUT2D eigenvalue weighted by atomic mass is 9.84. The van der Waals surface area contributed by atoms with Crippen LogP contribution in [0.5, 0.6) is 0 Å². The van der Waals surface area contributed by atoms with Gasteiger partial charge in [-0.1, -0.05) is 0 Å². The van der Waals surface area contributed by atoms with Crippen molar-refractivity contribution in [2.75, 3.05) is 19.6 Å². The molecular weight excluding hydrogens is 268 g/mol. The van der Waals surface area contributed by atoms with E-state index in [9.17, 15) is 4.79 Å². The van der Waals surface area contributed by atoms with Crippen LogP contribution in [0.25, 0.3) is 11.3 Å². The van der Waals surface area contributed by atoms with Crippen molar-refractivity contribution in [3.8, 4) is 11.3 Å². The number of hydrogen-bond donors (Lipinski definition) is 1. The van der Waals surface area contributed by atoms with Gasteiger partial charge in [0, 0.05) is 12.6 Å². The third-order valence-electron chi connectivity index (χ3n) is 4.61. The maximum Gasteiger partial charge on any atom is 0.287 e. The fraction of sp³-hybridized carbons (Fsp3) is 0.438. The minimum absolute atomic E-state index is 0.122.